The van der Waals surface area contributed by atoms with E-state index in [-0.39, 0.29) is 6.10 Å². The number of nitrogens with zero attached hydrogens (tertiary/aromatic N) is 2. The van der Waals surface area contributed by atoms with Gasteiger partial charge < -0.3 is 13.8 Å². The van der Waals surface area contributed by atoms with Gasteiger partial charge in [-0.15, -0.1) is 0 Å². The average molecular weight is 584 g/mol. The zero-order valence-corrected chi connectivity index (χ0v) is 24.3. The Morgan fingerprint density at radius 3 is 2.29 bits per heavy atom. The Kier molecular flexibility index (Phi) is 9.98. The van der Waals surface area contributed by atoms with E-state index in [9.17, 15) is 13.2 Å². The van der Waals surface area contributed by atoms with Crippen molar-refractivity contribution in [2.45, 2.75) is 51.2 Å². The van der Waals surface area contributed by atoms with Crippen molar-refractivity contribution in [2.75, 3.05) is 39.0 Å². The molecule has 7 nitrogen and oxygen atoms in total. The van der Waals surface area contributed by atoms with E-state index in [1.54, 1.807) is 6.07 Å². The van der Waals surface area contributed by atoms with E-state index in [4.69, 9.17) is 32.1 Å². The third-order valence-corrected chi connectivity index (χ3v) is 8.87. The number of ether oxygens (including phenoxy) is 1. The number of hydrogen-bond donors (Lipinski definition) is 0. The van der Waals surface area contributed by atoms with Gasteiger partial charge in [-0.3, -0.25) is 4.90 Å². The van der Waals surface area contributed by atoms with Crippen LogP contribution in [0.15, 0.2) is 42.5 Å². The molecule has 2 saturated heterocycles. The molecule has 0 saturated carbocycles. The van der Waals surface area contributed by atoms with Gasteiger partial charge in [0.25, 0.3) is 0 Å². The van der Waals surface area contributed by atoms with Crippen molar-refractivity contribution in [1.29, 1.82) is 0 Å². The van der Waals surface area contributed by atoms with Crippen LogP contribution in [0.5, 0.6) is 5.75 Å². The van der Waals surface area contributed by atoms with Crippen LogP contribution in [0.3, 0.4) is 0 Å². The minimum Gasteiger partial charge on any atom is -0.490 e. The van der Waals surface area contributed by atoms with E-state index in [1.807, 2.05) is 43.3 Å². The molecular weight excluding hydrogens is 547 g/mol. The molecule has 0 N–H and O–H groups in total. The molecule has 38 heavy (non-hydrogen) atoms. The van der Waals surface area contributed by atoms with Crippen molar-refractivity contribution in [3.05, 3.63) is 63.6 Å². The molecule has 2 aromatic carbocycles. The number of halogens is 2. The van der Waals surface area contributed by atoms with Gasteiger partial charge in [-0.05, 0) is 75.7 Å². The van der Waals surface area contributed by atoms with E-state index in [1.165, 1.54) is 0 Å². The standard InChI is InChI=1S/C28H36Cl2N2O5S/c1-20-26(9-8-24(29)27(20)30)36-23-12-14-31(15-13-23)19-22-10-16-32(17-11-22)25(28(33)37-38(2,34)35)18-21-6-4-3-5-7-21/h3-9,22-23,25H,10-19H2,1-2H3/t25-/m0/s1. The zero-order chi connectivity index (χ0) is 27.3. The first kappa shape index (κ1) is 29.2. The highest BCUT2D eigenvalue weighted by atomic mass is 35.5. The van der Waals surface area contributed by atoms with Crippen LogP contribution in [0, 0.1) is 12.8 Å². The first-order chi connectivity index (χ1) is 18.1. The van der Waals surface area contributed by atoms with E-state index >= 15 is 0 Å². The van der Waals surface area contributed by atoms with Crippen LogP contribution in [-0.4, -0.2) is 75.3 Å². The monoisotopic (exact) mass is 582 g/mol. The summed E-state index contributed by atoms with van der Waals surface area (Å²) in [6.07, 6.45) is 5.31. The SMILES string of the molecule is Cc1c(OC2CCN(CC3CCN([C@@H](Cc4ccccc4)C(=O)OS(C)(=O)=O)CC3)CC2)ccc(Cl)c1Cl. The fourth-order valence-electron chi connectivity index (χ4n) is 5.37. The largest absolute Gasteiger partial charge is 0.490 e. The molecule has 2 fully saturated rings. The summed E-state index contributed by atoms with van der Waals surface area (Å²) >= 11 is 12.4. The molecule has 2 aliphatic rings. The maximum Gasteiger partial charge on any atom is 0.339 e. The molecule has 0 unspecified atom stereocenters. The summed E-state index contributed by atoms with van der Waals surface area (Å²) in [5.74, 6) is 0.628. The van der Waals surface area contributed by atoms with Gasteiger partial charge in [-0.25, -0.2) is 4.79 Å². The molecule has 208 valence electrons. The highest BCUT2D eigenvalue weighted by Gasteiger charge is 2.33. The lowest BCUT2D eigenvalue weighted by Crippen LogP contribution is -2.49. The summed E-state index contributed by atoms with van der Waals surface area (Å²) in [6.45, 7) is 6.36. The van der Waals surface area contributed by atoms with E-state index in [2.05, 4.69) is 9.80 Å². The van der Waals surface area contributed by atoms with Crippen molar-refractivity contribution < 1.29 is 22.1 Å². The minimum absolute atomic E-state index is 0.156. The number of carbonyl (C=O) groups excluding carboxylic acids is 1. The van der Waals surface area contributed by atoms with Gasteiger partial charge in [-0.1, -0.05) is 53.5 Å². The third-order valence-electron chi connectivity index (χ3n) is 7.50. The Hall–Kier alpha value is -1.84. The number of piperidine rings is 2. The second-order valence-electron chi connectivity index (χ2n) is 10.4. The van der Waals surface area contributed by atoms with E-state index < -0.39 is 22.1 Å². The Bertz CT molecular complexity index is 1200. The molecule has 4 rings (SSSR count). The summed E-state index contributed by atoms with van der Waals surface area (Å²) in [5, 5.41) is 1.08. The third kappa shape index (κ3) is 8.09. The second kappa shape index (κ2) is 13.0. The predicted octanol–water partition coefficient (Wildman–Crippen LogP) is 4.97. The van der Waals surface area contributed by atoms with Gasteiger partial charge in [0.05, 0.1) is 16.3 Å². The number of likely N-dealkylation sites (tertiary alicyclic amines) is 2. The Labute approximate surface area is 236 Å². The summed E-state index contributed by atoms with van der Waals surface area (Å²) in [4.78, 5) is 17.4. The minimum atomic E-state index is -3.87. The highest BCUT2D eigenvalue weighted by Crippen LogP contribution is 2.33. The molecule has 10 heteroatoms. The molecular formula is C28H36Cl2N2O5S. The Morgan fingerprint density at radius 1 is 1.00 bits per heavy atom. The average Bonchev–Trinajstić information content (AvgIpc) is 2.89. The van der Waals surface area contributed by atoms with Crippen LogP contribution >= 0.6 is 23.2 Å². The van der Waals surface area contributed by atoms with Gasteiger partial charge in [0.1, 0.15) is 17.9 Å². The Morgan fingerprint density at radius 2 is 1.66 bits per heavy atom. The number of hydrogen-bond acceptors (Lipinski definition) is 7. The lowest BCUT2D eigenvalue weighted by atomic mass is 9.93. The summed E-state index contributed by atoms with van der Waals surface area (Å²) in [6, 6.07) is 12.7. The molecule has 0 aromatic heterocycles. The highest BCUT2D eigenvalue weighted by molar-refractivity contribution is 7.86. The van der Waals surface area contributed by atoms with Crippen LogP contribution < -0.4 is 4.74 Å². The van der Waals surface area contributed by atoms with Crippen LogP contribution in [0.4, 0.5) is 0 Å². The second-order valence-corrected chi connectivity index (χ2v) is 12.8. The molecule has 0 radical (unpaired) electrons. The predicted molar refractivity (Wildman–Crippen MR) is 150 cm³/mol. The van der Waals surface area contributed by atoms with E-state index in [0.717, 1.165) is 81.5 Å². The maximum absolute atomic E-state index is 12.8. The van der Waals surface area contributed by atoms with Crippen molar-refractivity contribution >= 4 is 39.3 Å². The molecule has 2 aliphatic heterocycles. The summed E-state index contributed by atoms with van der Waals surface area (Å²) in [7, 11) is -3.87. The van der Waals surface area contributed by atoms with Gasteiger partial charge in [0.15, 0.2) is 0 Å². The van der Waals surface area contributed by atoms with Crippen LogP contribution in [0.2, 0.25) is 10.0 Å². The van der Waals surface area contributed by atoms with Crippen molar-refractivity contribution in [3.63, 3.8) is 0 Å². The molecule has 2 heterocycles. The topological polar surface area (TPSA) is 76.2 Å². The van der Waals surface area contributed by atoms with Crippen LogP contribution in [-0.2, 0) is 25.5 Å². The molecule has 0 aliphatic carbocycles. The zero-order valence-electron chi connectivity index (χ0n) is 21.9. The van der Waals surface area contributed by atoms with Crippen molar-refractivity contribution in [3.8, 4) is 5.75 Å². The lowest BCUT2D eigenvalue weighted by Gasteiger charge is -2.39. The fraction of sp³-hybridized carbons (Fsp3) is 0.536. The number of rotatable bonds is 9. The molecule has 0 amide bonds. The normalized spacial score (nSPS) is 19.3. The van der Waals surface area contributed by atoms with Crippen molar-refractivity contribution in [1.82, 2.24) is 9.80 Å². The van der Waals surface area contributed by atoms with Crippen LogP contribution in [0.25, 0.3) is 0 Å². The van der Waals surface area contributed by atoms with Crippen LogP contribution in [0.1, 0.15) is 36.8 Å². The summed E-state index contributed by atoms with van der Waals surface area (Å²) < 4.78 is 34.3. The smallest absolute Gasteiger partial charge is 0.339 e. The molecule has 1 atom stereocenters. The lowest BCUT2D eigenvalue weighted by molar-refractivity contribution is -0.140. The first-order valence-corrected chi connectivity index (χ1v) is 15.7. The van der Waals surface area contributed by atoms with Gasteiger partial charge in [0, 0.05) is 25.2 Å². The molecule has 0 spiro atoms. The first-order valence-electron chi connectivity index (χ1n) is 13.1. The molecule has 0 bridgehead atoms. The quantitative estimate of drug-likeness (QED) is 0.386. The number of carbonyl (C=O) groups is 1. The summed E-state index contributed by atoms with van der Waals surface area (Å²) in [5.41, 5.74) is 1.85. The fourth-order valence-corrected chi connectivity index (χ4v) is 6.14. The van der Waals surface area contributed by atoms with Crippen molar-refractivity contribution in [2.24, 2.45) is 5.92 Å². The van der Waals surface area contributed by atoms with E-state index in [0.29, 0.717) is 22.4 Å². The van der Waals surface area contributed by atoms with Gasteiger partial charge in [0.2, 0.25) is 0 Å². The number of benzene rings is 2. The maximum atomic E-state index is 12.8. The van der Waals surface area contributed by atoms with Gasteiger partial charge >= 0.3 is 16.1 Å². The Balaban J connectivity index is 1.26. The molecule has 2 aromatic rings. The van der Waals surface area contributed by atoms with Gasteiger partial charge in [-0.2, -0.15) is 8.42 Å².